The van der Waals surface area contributed by atoms with Gasteiger partial charge < -0.3 is 20.4 Å². The molecule has 0 saturated carbocycles. The molecule has 1 aliphatic rings. The Morgan fingerprint density at radius 1 is 1.26 bits per heavy atom. The van der Waals surface area contributed by atoms with Gasteiger partial charge in [0.15, 0.2) is 10.8 Å². The van der Waals surface area contributed by atoms with Crippen molar-refractivity contribution in [3.05, 3.63) is 45.9 Å². The van der Waals surface area contributed by atoms with Crippen molar-refractivity contribution in [2.45, 2.75) is 45.8 Å². The Morgan fingerprint density at radius 3 is 2.42 bits per heavy atom. The number of aliphatic hydroxyl groups is 1. The number of aromatic nitrogens is 1. The van der Waals surface area contributed by atoms with Gasteiger partial charge in [0.05, 0.1) is 5.60 Å². The summed E-state index contributed by atoms with van der Waals surface area (Å²) in [6, 6.07) is 6.65. The number of carboxylic acid groups (broad SMARTS) is 1. The molecule has 31 heavy (non-hydrogen) atoms. The fourth-order valence-corrected chi connectivity index (χ4v) is 4.90. The number of rotatable bonds is 6. The van der Waals surface area contributed by atoms with Crippen LogP contribution in [0.2, 0.25) is 5.02 Å². The molecule has 0 bridgehead atoms. The van der Waals surface area contributed by atoms with E-state index in [9.17, 15) is 14.7 Å². The van der Waals surface area contributed by atoms with E-state index in [1.165, 1.54) is 5.38 Å². The number of piperidine rings is 1. The number of thiazole rings is 1. The van der Waals surface area contributed by atoms with Gasteiger partial charge in [0.1, 0.15) is 6.04 Å². The summed E-state index contributed by atoms with van der Waals surface area (Å²) in [7, 11) is 0. The van der Waals surface area contributed by atoms with Crippen LogP contribution in [0, 0.1) is 11.3 Å². The molecule has 2 unspecified atom stereocenters. The van der Waals surface area contributed by atoms with Gasteiger partial charge in [0, 0.05) is 28.9 Å². The summed E-state index contributed by atoms with van der Waals surface area (Å²) >= 11 is 7.16. The number of anilines is 1. The quantitative estimate of drug-likeness (QED) is 0.594. The van der Waals surface area contributed by atoms with Crippen LogP contribution in [0.25, 0.3) is 0 Å². The predicted molar refractivity (Wildman–Crippen MR) is 122 cm³/mol. The molecular formula is C22H28ClN3O4S. The Balaban J connectivity index is 1.78. The number of carbonyl (C=O) groups is 2. The van der Waals surface area contributed by atoms with E-state index >= 15 is 0 Å². The molecule has 2 atom stereocenters. The largest absolute Gasteiger partial charge is 0.476 e. The lowest BCUT2D eigenvalue weighted by molar-refractivity contribution is -0.154. The van der Waals surface area contributed by atoms with Gasteiger partial charge in [0.2, 0.25) is 5.91 Å². The number of carbonyl (C=O) groups excluding carboxylic acids is 1. The maximum absolute atomic E-state index is 13.4. The van der Waals surface area contributed by atoms with Crippen molar-refractivity contribution in [3.8, 4) is 0 Å². The highest BCUT2D eigenvalue weighted by atomic mass is 35.5. The minimum absolute atomic E-state index is 0.0372. The van der Waals surface area contributed by atoms with Crippen LogP contribution >= 0.6 is 22.9 Å². The number of amides is 1. The molecule has 0 radical (unpaired) electrons. The third-order valence-electron chi connectivity index (χ3n) is 6.02. The Hall–Kier alpha value is -2.16. The van der Waals surface area contributed by atoms with Crippen LogP contribution in [0.3, 0.4) is 0 Å². The number of hydrogen-bond acceptors (Lipinski definition) is 6. The summed E-state index contributed by atoms with van der Waals surface area (Å²) in [4.78, 5) is 30.3. The first-order valence-corrected chi connectivity index (χ1v) is 11.4. The smallest absolute Gasteiger partial charge is 0.355 e. The van der Waals surface area contributed by atoms with Crippen molar-refractivity contribution in [1.82, 2.24) is 9.88 Å². The molecule has 1 saturated heterocycles. The summed E-state index contributed by atoms with van der Waals surface area (Å²) < 4.78 is 0. The first kappa shape index (κ1) is 23.5. The zero-order valence-electron chi connectivity index (χ0n) is 18.1. The number of nitrogens with one attached hydrogen (secondary N) is 1. The molecule has 1 aromatic heterocycles. The SMILES string of the molecule is CC(C)C(Nc1nc(C(=O)O)cs1)C(=O)N1CCC(O)(c2ccc(Cl)cc2)C(C)(C)C1. The van der Waals surface area contributed by atoms with Gasteiger partial charge in [-0.2, -0.15) is 0 Å². The Labute approximate surface area is 191 Å². The lowest BCUT2D eigenvalue weighted by atomic mass is 9.66. The molecule has 0 aliphatic carbocycles. The zero-order valence-corrected chi connectivity index (χ0v) is 19.6. The molecule has 3 N–H and O–H groups in total. The number of carboxylic acids is 1. The average Bonchev–Trinajstić information content (AvgIpc) is 3.17. The van der Waals surface area contributed by atoms with Gasteiger partial charge in [-0.3, -0.25) is 4.79 Å². The maximum atomic E-state index is 13.4. The topological polar surface area (TPSA) is 103 Å². The van der Waals surface area contributed by atoms with E-state index in [4.69, 9.17) is 16.7 Å². The standard InChI is InChI=1S/C22H28ClN3O4S/c1-13(2)17(25-20-24-16(11-31-20)19(28)29)18(27)26-10-9-22(30,21(3,4)12-26)14-5-7-15(23)8-6-14/h5-8,11,13,17,30H,9-10,12H2,1-4H3,(H,24,25)(H,28,29). The number of halogens is 1. The van der Waals surface area contributed by atoms with Crippen molar-refractivity contribution < 1.29 is 19.8 Å². The third kappa shape index (κ3) is 4.71. The van der Waals surface area contributed by atoms with Crippen LogP contribution in [0.5, 0.6) is 0 Å². The Bertz CT molecular complexity index is 960. The lowest BCUT2D eigenvalue weighted by Gasteiger charge is -2.51. The first-order valence-electron chi connectivity index (χ1n) is 10.2. The molecule has 0 spiro atoms. The second-order valence-electron chi connectivity index (χ2n) is 8.97. The van der Waals surface area contributed by atoms with E-state index in [1.807, 2.05) is 39.8 Å². The summed E-state index contributed by atoms with van der Waals surface area (Å²) in [5.41, 5.74) is -0.930. The van der Waals surface area contributed by atoms with Gasteiger partial charge >= 0.3 is 5.97 Å². The molecular weight excluding hydrogens is 438 g/mol. The number of likely N-dealkylation sites (tertiary alicyclic amines) is 1. The molecule has 7 nitrogen and oxygen atoms in total. The molecule has 2 aromatic rings. The van der Waals surface area contributed by atoms with Gasteiger partial charge in [-0.25, -0.2) is 9.78 Å². The zero-order chi connectivity index (χ0) is 23.0. The molecule has 168 valence electrons. The highest BCUT2D eigenvalue weighted by molar-refractivity contribution is 7.13. The fraction of sp³-hybridized carbons (Fsp3) is 0.500. The first-order chi connectivity index (χ1) is 14.4. The van der Waals surface area contributed by atoms with E-state index < -0.39 is 23.0 Å². The minimum atomic E-state index is -1.10. The van der Waals surface area contributed by atoms with E-state index in [0.717, 1.165) is 16.9 Å². The number of benzene rings is 1. The summed E-state index contributed by atoms with van der Waals surface area (Å²) in [5, 5.41) is 26.2. The van der Waals surface area contributed by atoms with Crippen LogP contribution in [0.1, 0.15) is 50.2 Å². The van der Waals surface area contributed by atoms with Gasteiger partial charge in [-0.05, 0) is 30.0 Å². The third-order valence-corrected chi connectivity index (χ3v) is 7.04. The Morgan fingerprint density at radius 2 is 1.90 bits per heavy atom. The molecule has 1 aromatic carbocycles. The van der Waals surface area contributed by atoms with Gasteiger partial charge in [-0.15, -0.1) is 11.3 Å². The molecule has 1 amide bonds. The van der Waals surface area contributed by atoms with Crippen molar-refractivity contribution in [3.63, 3.8) is 0 Å². The molecule has 9 heteroatoms. The van der Waals surface area contributed by atoms with Crippen molar-refractivity contribution >= 4 is 39.9 Å². The van der Waals surface area contributed by atoms with Gasteiger partial charge in [0.25, 0.3) is 0 Å². The second kappa shape index (κ2) is 8.76. The van der Waals surface area contributed by atoms with E-state index in [2.05, 4.69) is 10.3 Å². The molecule has 3 rings (SSSR count). The van der Waals surface area contributed by atoms with E-state index in [-0.39, 0.29) is 17.5 Å². The van der Waals surface area contributed by atoms with E-state index in [1.54, 1.807) is 17.0 Å². The summed E-state index contributed by atoms with van der Waals surface area (Å²) in [6.07, 6.45) is 0.401. The lowest BCUT2D eigenvalue weighted by Crippen LogP contribution is -2.59. The predicted octanol–water partition coefficient (Wildman–Crippen LogP) is 4.08. The van der Waals surface area contributed by atoms with Crippen molar-refractivity contribution in [1.29, 1.82) is 0 Å². The number of aromatic carboxylic acids is 1. The average molecular weight is 466 g/mol. The van der Waals surface area contributed by atoms with Crippen molar-refractivity contribution in [2.75, 3.05) is 18.4 Å². The monoisotopic (exact) mass is 465 g/mol. The molecule has 2 heterocycles. The molecule has 1 aliphatic heterocycles. The van der Waals surface area contributed by atoms with Crippen LogP contribution < -0.4 is 5.32 Å². The highest BCUT2D eigenvalue weighted by Gasteiger charge is 2.50. The van der Waals surface area contributed by atoms with Crippen LogP contribution in [0.15, 0.2) is 29.6 Å². The fourth-order valence-electron chi connectivity index (χ4n) is 4.05. The second-order valence-corrected chi connectivity index (χ2v) is 10.3. The molecule has 1 fully saturated rings. The van der Waals surface area contributed by atoms with E-state index in [0.29, 0.717) is 29.7 Å². The van der Waals surface area contributed by atoms with Crippen LogP contribution in [0.4, 0.5) is 5.13 Å². The summed E-state index contributed by atoms with van der Waals surface area (Å²) in [6.45, 7) is 8.57. The maximum Gasteiger partial charge on any atom is 0.355 e. The minimum Gasteiger partial charge on any atom is -0.476 e. The number of nitrogens with zero attached hydrogens (tertiary/aromatic N) is 2. The summed E-state index contributed by atoms with van der Waals surface area (Å²) in [5.74, 6) is -1.23. The highest BCUT2D eigenvalue weighted by Crippen LogP contribution is 2.46. The van der Waals surface area contributed by atoms with Crippen LogP contribution in [-0.4, -0.2) is 51.1 Å². The normalized spacial score (nSPS) is 21.7. The van der Waals surface area contributed by atoms with Gasteiger partial charge in [-0.1, -0.05) is 51.4 Å². The number of hydrogen-bond donors (Lipinski definition) is 3. The van der Waals surface area contributed by atoms with Crippen LogP contribution in [-0.2, 0) is 10.4 Å². The Kier molecular flexibility index (Phi) is 6.64. The van der Waals surface area contributed by atoms with Crippen molar-refractivity contribution in [2.24, 2.45) is 11.3 Å².